The van der Waals surface area contributed by atoms with Gasteiger partial charge in [0.2, 0.25) is 5.13 Å². The average Bonchev–Trinajstić information content (AvgIpc) is 2.98. The van der Waals surface area contributed by atoms with Gasteiger partial charge in [-0.1, -0.05) is 34.1 Å². The molecule has 0 radical (unpaired) electrons. The highest BCUT2D eigenvalue weighted by atomic mass is 79.9. The zero-order valence-electron chi connectivity index (χ0n) is 11.3. The van der Waals surface area contributed by atoms with Gasteiger partial charge in [-0.05, 0) is 18.2 Å². The summed E-state index contributed by atoms with van der Waals surface area (Å²) in [6, 6.07) is 11.9. The van der Waals surface area contributed by atoms with Gasteiger partial charge in [0.1, 0.15) is 0 Å². The first kappa shape index (κ1) is 16.8. The van der Waals surface area contributed by atoms with Crippen LogP contribution in [0.15, 0.2) is 63.7 Å². The third-order valence-corrected chi connectivity index (χ3v) is 3.98. The molecule has 0 aliphatic rings. The second-order valence-electron chi connectivity index (χ2n) is 4.20. The molecule has 1 N–H and O–H groups in total. The molecule has 7 heteroatoms. The highest BCUT2D eigenvalue weighted by Gasteiger charge is 2.03. The Morgan fingerprint density at radius 2 is 2.00 bits per heavy atom. The summed E-state index contributed by atoms with van der Waals surface area (Å²) in [5.74, 6) is 0. The molecule has 0 saturated carbocycles. The first-order valence-corrected chi connectivity index (χ1v) is 7.89. The number of halogens is 2. The van der Waals surface area contributed by atoms with Gasteiger partial charge in [0.25, 0.3) is 0 Å². The van der Waals surface area contributed by atoms with Crippen molar-refractivity contribution >= 4 is 55.6 Å². The SMILES string of the molecule is Br.Brc1ccc(-c2csc(N/N=C/c3cccnc3)n2)cc1. The first-order valence-electron chi connectivity index (χ1n) is 6.22. The predicted octanol–water partition coefficient (Wildman–Crippen LogP) is 4.99. The second kappa shape index (κ2) is 8.17. The molecule has 0 saturated heterocycles. The lowest BCUT2D eigenvalue weighted by Crippen LogP contribution is -1.90. The third kappa shape index (κ3) is 4.46. The normalized spacial score (nSPS) is 10.4. The lowest BCUT2D eigenvalue weighted by atomic mass is 10.2. The van der Waals surface area contributed by atoms with Crippen LogP contribution in [0.25, 0.3) is 11.3 Å². The number of aromatic nitrogens is 2. The van der Waals surface area contributed by atoms with E-state index in [1.54, 1.807) is 18.6 Å². The van der Waals surface area contributed by atoms with Gasteiger partial charge < -0.3 is 0 Å². The van der Waals surface area contributed by atoms with Crippen molar-refractivity contribution in [2.75, 3.05) is 5.43 Å². The van der Waals surface area contributed by atoms with Gasteiger partial charge in [-0.3, -0.25) is 10.4 Å². The third-order valence-electron chi connectivity index (χ3n) is 2.70. The van der Waals surface area contributed by atoms with Gasteiger partial charge in [0.15, 0.2) is 0 Å². The summed E-state index contributed by atoms with van der Waals surface area (Å²) in [5, 5.41) is 6.92. The molecule has 1 aromatic carbocycles. The Morgan fingerprint density at radius 3 is 2.73 bits per heavy atom. The maximum absolute atomic E-state index is 4.50. The number of hydrogen-bond acceptors (Lipinski definition) is 5. The fraction of sp³-hybridized carbons (Fsp3) is 0. The van der Waals surface area contributed by atoms with Gasteiger partial charge in [0, 0.05) is 33.4 Å². The van der Waals surface area contributed by atoms with E-state index in [9.17, 15) is 0 Å². The van der Waals surface area contributed by atoms with Crippen molar-refractivity contribution in [2.45, 2.75) is 0 Å². The van der Waals surface area contributed by atoms with Crippen molar-refractivity contribution in [3.8, 4) is 11.3 Å². The van der Waals surface area contributed by atoms with Gasteiger partial charge in [-0.2, -0.15) is 5.10 Å². The van der Waals surface area contributed by atoms with E-state index in [0.717, 1.165) is 26.4 Å². The summed E-state index contributed by atoms with van der Waals surface area (Å²) >= 11 is 4.95. The van der Waals surface area contributed by atoms with Crippen LogP contribution in [0.5, 0.6) is 0 Å². The van der Waals surface area contributed by atoms with E-state index >= 15 is 0 Å². The van der Waals surface area contributed by atoms with Crippen LogP contribution >= 0.6 is 44.2 Å². The molecule has 0 spiro atoms. The van der Waals surface area contributed by atoms with E-state index in [1.807, 2.05) is 41.8 Å². The highest BCUT2D eigenvalue weighted by Crippen LogP contribution is 2.25. The van der Waals surface area contributed by atoms with Gasteiger partial charge in [-0.15, -0.1) is 28.3 Å². The molecular formula is C15H12Br2N4S. The zero-order valence-corrected chi connectivity index (χ0v) is 15.4. The van der Waals surface area contributed by atoms with Crippen molar-refractivity contribution < 1.29 is 0 Å². The van der Waals surface area contributed by atoms with Gasteiger partial charge in [0.05, 0.1) is 11.9 Å². The summed E-state index contributed by atoms with van der Waals surface area (Å²) < 4.78 is 1.06. The minimum Gasteiger partial charge on any atom is -0.264 e. The molecule has 2 aromatic heterocycles. The molecule has 0 unspecified atom stereocenters. The Labute approximate surface area is 151 Å². The van der Waals surface area contributed by atoms with Crippen molar-refractivity contribution in [2.24, 2.45) is 5.10 Å². The second-order valence-corrected chi connectivity index (χ2v) is 5.97. The number of pyridine rings is 1. The van der Waals surface area contributed by atoms with Gasteiger partial charge in [-0.25, -0.2) is 4.98 Å². The fourth-order valence-electron chi connectivity index (χ4n) is 1.69. The Morgan fingerprint density at radius 1 is 1.18 bits per heavy atom. The largest absolute Gasteiger partial charge is 0.264 e. The predicted molar refractivity (Wildman–Crippen MR) is 101 cm³/mol. The molecule has 3 aromatic rings. The van der Waals surface area contributed by atoms with Crippen molar-refractivity contribution in [1.82, 2.24) is 9.97 Å². The molecule has 4 nitrogen and oxygen atoms in total. The first-order chi connectivity index (χ1) is 10.3. The summed E-state index contributed by atoms with van der Waals surface area (Å²) in [7, 11) is 0. The van der Waals surface area contributed by atoms with Crippen LogP contribution in [0, 0.1) is 0 Å². The summed E-state index contributed by atoms with van der Waals surface area (Å²) in [5.41, 5.74) is 5.89. The molecule has 0 aliphatic carbocycles. The molecule has 0 aliphatic heterocycles. The van der Waals surface area contributed by atoms with E-state index in [4.69, 9.17) is 0 Å². The minimum absolute atomic E-state index is 0. The van der Waals surface area contributed by atoms with Crippen molar-refractivity contribution in [1.29, 1.82) is 0 Å². The maximum atomic E-state index is 4.50. The smallest absolute Gasteiger partial charge is 0.203 e. The van der Waals surface area contributed by atoms with Crippen LogP contribution in [0.4, 0.5) is 5.13 Å². The van der Waals surface area contributed by atoms with Crippen molar-refractivity contribution in [3.05, 3.63) is 64.2 Å². The highest BCUT2D eigenvalue weighted by molar-refractivity contribution is 9.10. The van der Waals surface area contributed by atoms with Crippen LogP contribution < -0.4 is 5.43 Å². The maximum Gasteiger partial charge on any atom is 0.203 e. The summed E-state index contributed by atoms with van der Waals surface area (Å²) in [4.78, 5) is 8.53. The molecule has 0 amide bonds. The Kier molecular flexibility index (Phi) is 6.23. The van der Waals surface area contributed by atoms with E-state index in [2.05, 4.69) is 36.4 Å². The standard InChI is InChI=1S/C15H11BrN4S.BrH/c16-13-5-3-12(4-6-13)14-10-21-15(19-14)20-18-9-11-2-1-7-17-8-11;/h1-10H,(H,19,20);1H/b18-9+;. The molecule has 3 rings (SSSR count). The van der Waals surface area contributed by atoms with E-state index in [1.165, 1.54) is 11.3 Å². The number of thiazole rings is 1. The van der Waals surface area contributed by atoms with Crippen LogP contribution in [-0.4, -0.2) is 16.2 Å². The average molecular weight is 440 g/mol. The lowest BCUT2D eigenvalue weighted by Gasteiger charge is -1.96. The monoisotopic (exact) mass is 438 g/mol. The Hall–Kier alpha value is -1.57. The Balaban J connectivity index is 0.00000176. The van der Waals surface area contributed by atoms with E-state index in [0.29, 0.717) is 0 Å². The van der Waals surface area contributed by atoms with E-state index < -0.39 is 0 Å². The summed E-state index contributed by atoms with van der Waals surface area (Å²) in [6.45, 7) is 0. The quantitative estimate of drug-likeness (QED) is 0.460. The molecule has 22 heavy (non-hydrogen) atoms. The molecule has 0 bridgehead atoms. The van der Waals surface area contributed by atoms with Crippen LogP contribution in [0.3, 0.4) is 0 Å². The number of hydrazone groups is 1. The number of rotatable bonds is 4. The van der Waals surface area contributed by atoms with Crippen molar-refractivity contribution in [3.63, 3.8) is 0 Å². The van der Waals surface area contributed by atoms with Crippen LogP contribution in [0.1, 0.15) is 5.56 Å². The van der Waals surface area contributed by atoms with E-state index in [-0.39, 0.29) is 17.0 Å². The lowest BCUT2D eigenvalue weighted by molar-refractivity contribution is 1.28. The fourth-order valence-corrected chi connectivity index (χ4v) is 2.63. The number of nitrogens with zero attached hydrogens (tertiary/aromatic N) is 3. The number of hydrogen-bond donors (Lipinski definition) is 1. The molecular weight excluding hydrogens is 428 g/mol. The number of anilines is 1. The number of benzene rings is 1. The topological polar surface area (TPSA) is 50.2 Å². The zero-order chi connectivity index (χ0) is 14.5. The molecule has 0 fully saturated rings. The van der Waals surface area contributed by atoms with Crippen LogP contribution in [-0.2, 0) is 0 Å². The van der Waals surface area contributed by atoms with Crippen LogP contribution in [0.2, 0.25) is 0 Å². The van der Waals surface area contributed by atoms with Gasteiger partial charge >= 0.3 is 0 Å². The number of nitrogens with one attached hydrogen (secondary N) is 1. The minimum atomic E-state index is 0. The molecule has 0 atom stereocenters. The summed E-state index contributed by atoms with van der Waals surface area (Å²) in [6.07, 6.45) is 5.20. The molecule has 112 valence electrons. The molecule has 2 heterocycles. The Bertz CT molecular complexity index is 742.